The quantitative estimate of drug-likeness (QED) is 0.798. The summed E-state index contributed by atoms with van der Waals surface area (Å²) in [4.78, 5) is 12.0. The van der Waals surface area contributed by atoms with Gasteiger partial charge < -0.3 is 20.1 Å². The lowest BCUT2D eigenvalue weighted by atomic mass is 10.1. The summed E-state index contributed by atoms with van der Waals surface area (Å²) in [6.07, 6.45) is 1.10. The Morgan fingerprint density at radius 1 is 1.48 bits per heavy atom. The molecule has 0 fully saturated rings. The van der Waals surface area contributed by atoms with Crippen LogP contribution in [0.1, 0.15) is 31.9 Å². The van der Waals surface area contributed by atoms with Crippen LogP contribution < -0.4 is 20.1 Å². The molecule has 1 amide bonds. The lowest BCUT2D eigenvalue weighted by Crippen LogP contribution is -2.34. The third-order valence-corrected chi connectivity index (χ3v) is 3.79. The molecular formula is C17H27ClN2O3. The van der Waals surface area contributed by atoms with Gasteiger partial charge in [0.05, 0.1) is 6.61 Å². The van der Waals surface area contributed by atoms with Gasteiger partial charge in [0, 0.05) is 36.6 Å². The van der Waals surface area contributed by atoms with E-state index >= 15 is 0 Å². The van der Waals surface area contributed by atoms with Crippen LogP contribution >= 0.6 is 12.4 Å². The zero-order valence-electron chi connectivity index (χ0n) is 14.3. The van der Waals surface area contributed by atoms with E-state index in [2.05, 4.69) is 17.6 Å². The van der Waals surface area contributed by atoms with Crippen molar-refractivity contribution in [3.63, 3.8) is 0 Å². The molecule has 0 aliphatic carbocycles. The predicted octanol–water partition coefficient (Wildman–Crippen LogP) is 2.30. The zero-order valence-corrected chi connectivity index (χ0v) is 15.1. The molecule has 2 rings (SSSR count). The zero-order chi connectivity index (χ0) is 16.1. The van der Waals surface area contributed by atoms with E-state index in [1.165, 1.54) is 5.56 Å². The predicted molar refractivity (Wildman–Crippen MR) is 93.6 cm³/mol. The summed E-state index contributed by atoms with van der Waals surface area (Å²) in [6.45, 7) is 7.64. The number of benzene rings is 1. The van der Waals surface area contributed by atoms with Crippen LogP contribution in [-0.2, 0) is 17.8 Å². The van der Waals surface area contributed by atoms with Crippen molar-refractivity contribution < 1.29 is 14.3 Å². The molecule has 2 unspecified atom stereocenters. The van der Waals surface area contributed by atoms with Crippen molar-refractivity contribution in [1.82, 2.24) is 10.6 Å². The Morgan fingerprint density at radius 3 is 2.87 bits per heavy atom. The third kappa shape index (κ3) is 5.01. The number of hydrogen-bond donors (Lipinski definition) is 2. The summed E-state index contributed by atoms with van der Waals surface area (Å²) in [6, 6.07) is 4.04. The first-order chi connectivity index (χ1) is 10.5. The van der Waals surface area contributed by atoms with Crippen molar-refractivity contribution in [1.29, 1.82) is 0 Å². The molecule has 130 valence electrons. The molecule has 1 aromatic rings. The Kier molecular flexibility index (Phi) is 7.65. The number of ether oxygens (including phenoxy) is 2. The first kappa shape index (κ1) is 19.6. The van der Waals surface area contributed by atoms with Crippen molar-refractivity contribution in [2.75, 3.05) is 20.2 Å². The summed E-state index contributed by atoms with van der Waals surface area (Å²) in [5, 5.41) is 5.98. The average Bonchev–Trinajstić information content (AvgIpc) is 2.84. The molecule has 2 atom stereocenters. The van der Waals surface area contributed by atoms with Crippen LogP contribution in [0.15, 0.2) is 12.1 Å². The maximum atomic E-state index is 12.0. The SMILES string of the molecule is CCOc1cc2c(cc1CNC(=O)C(C)CNC)OC(C)C2.Cl. The minimum absolute atomic E-state index is 0. The van der Waals surface area contributed by atoms with Crippen molar-refractivity contribution in [2.45, 2.75) is 39.8 Å². The maximum absolute atomic E-state index is 12.0. The van der Waals surface area contributed by atoms with Gasteiger partial charge in [0.2, 0.25) is 5.91 Å². The summed E-state index contributed by atoms with van der Waals surface area (Å²) < 4.78 is 11.5. The van der Waals surface area contributed by atoms with Gasteiger partial charge >= 0.3 is 0 Å². The number of fused-ring (bicyclic) bond motifs is 1. The van der Waals surface area contributed by atoms with Crippen LogP contribution in [0.25, 0.3) is 0 Å². The van der Waals surface area contributed by atoms with Gasteiger partial charge in [-0.05, 0) is 33.0 Å². The van der Waals surface area contributed by atoms with Crippen LogP contribution in [0.5, 0.6) is 11.5 Å². The second-order valence-corrected chi connectivity index (χ2v) is 5.81. The first-order valence-electron chi connectivity index (χ1n) is 7.92. The van der Waals surface area contributed by atoms with Crippen LogP contribution in [0.2, 0.25) is 0 Å². The normalized spacial score (nSPS) is 16.8. The molecule has 1 heterocycles. The van der Waals surface area contributed by atoms with E-state index in [0.717, 1.165) is 23.5 Å². The lowest BCUT2D eigenvalue weighted by Gasteiger charge is -2.15. The molecule has 0 radical (unpaired) electrons. The fraction of sp³-hybridized carbons (Fsp3) is 0.588. The largest absolute Gasteiger partial charge is 0.494 e. The third-order valence-electron chi connectivity index (χ3n) is 3.79. The van der Waals surface area contributed by atoms with E-state index in [1.807, 2.05) is 33.0 Å². The lowest BCUT2D eigenvalue weighted by molar-refractivity contribution is -0.124. The second-order valence-electron chi connectivity index (χ2n) is 5.81. The van der Waals surface area contributed by atoms with E-state index in [9.17, 15) is 4.79 Å². The highest BCUT2D eigenvalue weighted by Crippen LogP contribution is 2.35. The Morgan fingerprint density at radius 2 is 2.22 bits per heavy atom. The molecule has 0 aromatic heterocycles. The van der Waals surface area contributed by atoms with Gasteiger partial charge in [0.1, 0.15) is 17.6 Å². The Labute approximate surface area is 144 Å². The van der Waals surface area contributed by atoms with E-state index in [-0.39, 0.29) is 30.3 Å². The maximum Gasteiger partial charge on any atom is 0.224 e. The smallest absolute Gasteiger partial charge is 0.224 e. The van der Waals surface area contributed by atoms with Crippen molar-refractivity contribution in [3.8, 4) is 11.5 Å². The summed E-state index contributed by atoms with van der Waals surface area (Å²) in [5.74, 6) is 1.71. The number of nitrogens with one attached hydrogen (secondary N) is 2. The van der Waals surface area contributed by atoms with Crippen LogP contribution in [-0.4, -0.2) is 32.2 Å². The van der Waals surface area contributed by atoms with E-state index < -0.39 is 0 Å². The number of hydrogen-bond acceptors (Lipinski definition) is 4. The van der Waals surface area contributed by atoms with Crippen LogP contribution in [0.4, 0.5) is 0 Å². The molecule has 0 bridgehead atoms. The molecule has 0 saturated carbocycles. The number of carbonyl (C=O) groups is 1. The Balaban J connectivity index is 0.00000264. The fourth-order valence-corrected chi connectivity index (χ4v) is 2.66. The molecular weight excluding hydrogens is 316 g/mol. The van der Waals surface area contributed by atoms with Gasteiger partial charge in [0.15, 0.2) is 0 Å². The van der Waals surface area contributed by atoms with E-state index in [0.29, 0.717) is 19.7 Å². The van der Waals surface area contributed by atoms with Crippen molar-refractivity contribution in [2.24, 2.45) is 5.92 Å². The number of halogens is 1. The minimum atomic E-state index is -0.0637. The fourth-order valence-electron chi connectivity index (χ4n) is 2.66. The van der Waals surface area contributed by atoms with Crippen LogP contribution in [0.3, 0.4) is 0 Å². The van der Waals surface area contributed by atoms with Gasteiger partial charge in [-0.15, -0.1) is 12.4 Å². The van der Waals surface area contributed by atoms with E-state index in [1.54, 1.807) is 0 Å². The van der Waals surface area contributed by atoms with Crippen molar-refractivity contribution >= 4 is 18.3 Å². The molecule has 1 aromatic carbocycles. The monoisotopic (exact) mass is 342 g/mol. The molecule has 1 aliphatic rings. The highest BCUT2D eigenvalue weighted by Gasteiger charge is 2.22. The number of rotatable bonds is 7. The summed E-state index contributed by atoms with van der Waals surface area (Å²) in [7, 11) is 1.84. The molecule has 1 aliphatic heterocycles. The molecule has 2 N–H and O–H groups in total. The van der Waals surface area contributed by atoms with Gasteiger partial charge in [-0.1, -0.05) is 6.92 Å². The van der Waals surface area contributed by atoms with Crippen LogP contribution in [0, 0.1) is 5.92 Å². The first-order valence-corrected chi connectivity index (χ1v) is 7.92. The van der Waals surface area contributed by atoms with Crippen molar-refractivity contribution in [3.05, 3.63) is 23.3 Å². The van der Waals surface area contributed by atoms with Gasteiger partial charge in [-0.3, -0.25) is 4.79 Å². The second kappa shape index (κ2) is 8.99. The van der Waals surface area contributed by atoms with Gasteiger partial charge in [-0.25, -0.2) is 0 Å². The Bertz CT molecular complexity index is 537. The molecule has 0 saturated heterocycles. The highest BCUT2D eigenvalue weighted by molar-refractivity contribution is 5.85. The summed E-state index contributed by atoms with van der Waals surface area (Å²) in [5.41, 5.74) is 2.13. The number of carbonyl (C=O) groups excluding carboxylic acids is 1. The summed E-state index contributed by atoms with van der Waals surface area (Å²) >= 11 is 0. The standard InChI is InChI=1S/C17H26N2O3.ClH/c1-5-21-15-7-13-6-12(3)22-16(13)8-14(15)10-19-17(20)11(2)9-18-4;/h7-8,11-12,18H,5-6,9-10H2,1-4H3,(H,19,20);1H. The number of amides is 1. The Hall–Kier alpha value is -1.46. The van der Waals surface area contributed by atoms with Gasteiger partial charge in [-0.2, -0.15) is 0 Å². The topological polar surface area (TPSA) is 59.6 Å². The molecule has 0 spiro atoms. The minimum Gasteiger partial charge on any atom is -0.494 e. The molecule has 6 heteroatoms. The average molecular weight is 343 g/mol. The van der Waals surface area contributed by atoms with E-state index in [4.69, 9.17) is 9.47 Å². The molecule has 5 nitrogen and oxygen atoms in total. The highest BCUT2D eigenvalue weighted by atomic mass is 35.5. The molecule has 23 heavy (non-hydrogen) atoms. The van der Waals surface area contributed by atoms with Gasteiger partial charge in [0.25, 0.3) is 0 Å².